The van der Waals surface area contributed by atoms with E-state index in [0.29, 0.717) is 12.3 Å². The topological polar surface area (TPSA) is 60.0 Å². The summed E-state index contributed by atoms with van der Waals surface area (Å²) in [6, 6.07) is 15.4. The highest BCUT2D eigenvalue weighted by atomic mass is 16.5. The van der Waals surface area contributed by atoms with E-state index in [4.69, 9.17) is 14.2 Å². The zero-order valence-electron chi connectivity index (χ0n) is 16.5. The van der Waals surface area contributed by atoms with Crippen molar-refractivity contribution in [3.63, 3.8) is 0 Å². The predicted molar refractivity (Wildman–Crippen MR) is 107 cm³/mol. The second-order valence-electron chi connectivity index (χ2n) is 6.81. The molecule has 0 spiro atoms. The molecule has 2 aromatic rings. The van der Waals surface area contributed by atoms with Crippen LogP contribution in [0.4, 0.5) is 0 Å². The van der Waals surface area contributed by atoms with Gasteiger partial charge in [0.1, 0.15) is 11.5 Å². The highest BCUT2D eigenvalue weighted by Crippen LogP contribution is 2.18. The van der Waals surface area contributed by atoms with Gasteiger partial charge in [0.15, 0.2) is 6.10 Å². The fourth-order valence-corrected chi connectivity index (χ4v) is 3.12. The highest BCUT2D eigenvalue weighted by Gasteiger charge is 2.16. The predicted octanol–water partition coefficient (Wildman–Crippen LogP) is 2.61. The average molecular weight is 384 g/mol. The van der Waals surface area contributed by atoms with Gasteiger partial charge in [-0.2, -0.15) is 0 Å². The molecule has 6 heteroatoms. The molecular weight excluding hydrogens is 356 g/mol. The molecule has 6 nitrogen and oxygen atoms in total. The van der Waals surface area contributed by atoms with Crippen molar-refractivity contribution in [2.75, 3.05) is 33.4 Å². The minimum atomic E-state index is -0.584. The van der Waals surface area contributed by atoms with Gasteiger partial charge in [-0.15, -0.1) is 0 Å². The van der Waals surface area contributed by atoms with Crippen LogP contribution in [0.25, 0.3) is 0 Å². The van der Waals surface area contributed by atoms with E-state index >= 15 is 0 Å². The van der Waals surface area contributed by atoms with Crippen LogP contribution >= 0.6 is 0 Å². The van der Waals surface area contributed by atoms with Crippen LogP contribution in [0.5, 0.6) is 11.5 Å². The first-order valence-electron chi connectivity index (χ1n) is 9.61. The van der Waals surface area contributed by atoms with Crippen LogP contribution in [0.1, 0.15) is 18.1 Å². The lowest BCUT2D eigenvalue weighted by atomic mass is 10.1. The van der Waals surface area contributed by atoms with Crippen molar-refractivity contribution >= 4 is 5.91 Å². The van der Waals surface area contributed by atoms with Gasteiger partial charge in [-0.1, -0.05) is 24.3 Å². The second-order valence-corrected chi connectivity index (χ2v) is 6.81. The summed E-state index contributed by atoms with van der Waals surface area (Å²) in [7, 11) is 1.61. The van der Waals surface area contributed by atoms with E-state index in [1.165, 1.54) is 5.56 Å². The monoisotopic (exact) mass is 384 g/mol. The molecule has 1 heterocycles. The Morgan fingerprint density at radius 2 is 1.71 bits per heavy atom. The molecule has 0 radical (unpaired) electrons. The van der Waals surface area contributed by atoms with Crippen molar-refractivity contribution in [2.24, 2.45) is 0 Å². The molecule has 0 bridgehead atoms. The Labute approximate surface area is 166 Å². The molecule has 3 rings (SSSR count). The lowest BCUT2D eigenvalue weighted by Crippen LogP contribution is -2.37. The van der Waals surface area contributed by atoms with E-state index in [0.717, 1.165) is 44.2 Å². The number of morpholine rings is 1. The van der Waals surface area contributed by atoms with Crippen molar-refractivity contribution in [3.8, 4) is 11.5 Å². The van der Waals surface area contributed by atoms with Gasteiger partial charge in [0, 0.05) is 26.2 Å². The molecule has 150 valence electrons. The number of benzene rings is 2. The Morgan fingerprint density at radius 3 is 2.39 bits per heavy atom. The quantitative estimate of drug-likeness (QED) is 0.758. The maximum atomic E-state index is 12.5. The average Bonchev–Trinajstić information content (AvgIpc) is 2.74. The summed E-state index contributed by atoms with van der Waals surface area (Å²) in [6.07, 6.45) is -0.584. The largest absolute Gasteiger partial charge is 0.497 e. The Hall–Kier alpha value is -2.57. The Bertz CT molecular complexity index is 757. The van der Waals surface area contributed by atoms with Gasteiger partial charge >= 0.3 is 0 Å². The zero-order chi connectivity index (χ0) is 19.8. The first-order chi connectivity index (χ1) is 13.7. The van der Waals surface area contributed by atoms with E-state index in [-0.39, 0.29) is 5.91 Å². The SMILES string of the molecule is COc1ccc(OC(C)C(=O)NCc2ccccc2CN2CCOCC2)cc1. The number of hydrogen-bond donors (Lipinski definition) is 1. The zero-order valence-corrected chi connectivity index (χ0v) is 16.5. The van der Waals surface area contributed by atoms with Crippen molar-refractivity contribution in [2.45, 2.75) is 26.1 Å². The molecule has 1 amide bonds. The van der Waals surface area contributed by atoms with Crippen LogP contribution < -0.4 is 14.8 Å². The number of ether oxygens (including phenoxy) is 3. The Morgan fingerprint density at radius 1 is 1.07 bits per heavy atom. The standard InChI is InChI=1S/C22H28N2O4/c1-17(28-21-9-7-20(26-2)8-10-21)22(25)23-15-18-5-3-4-6-19(18)16-24-11-13-27-14-12-24/h3-10,17H,11-16H2,1-2H3,(H,23,25). The third-order valence-corrected chi connectivity index (χ3v) is 4.81. The van der Waals surface area contributed by atoms with E-state index in [1.807, 2.05) is 24.3 Å². The molecule has 0 saturated carbocycles. The van der Waals surface area contributed by atoms with E-state index in [9.17, 15) is 4.79 Å². The number of amides is 1. The molecule has 1 saturated heterocycles. The highest BCUT2D eigenvalue weighted by molar-refractivity contribution is 5.80. The van der Waals surface area contributed by atoms with Crippen LogP contribution in [0.2, 0.25) is 0 Å². The fraction of sp³-hybridized carbons (Fsp3) is 0.409. The normalized spacial score (nSPS) is 15.6. The molecule has 1 aliphatic rings. The van der Waals surface area contributed by atoms with Gasteiger partial charge in [0.05, 0.1) is 20.3 Å². The number of carbonyl (C=O) groups excluding carboxylic acids is 1. The van der Waals surface area contributed by atoms with Crippen molar-refractivity contribution in [3.05, 3.63) is 59.7 Å². The summed E-state index contributed by atoms with van der Waals surface area (Å²) in [6.45, 7) is 6.53. The molecule has 1 fully saturated rings. The van der Waals surface area contributed by atoms with Gasteiger partial charge in [0.25, 0.3) is 5.91 Å². The Balaban J connectivity index is 1.53. The molecule has 1 unspecified atom stereocenters. The molecule has 1 N–H and O–H groups in total. The number of methoxy groups -OCH3 is 1. The van der Waals surface area contributed by atoms with Crippen LogP contribution in [-0.2, 0) is 22.6 Å². The lowest BCUT2D eigenvalue weighted by Gasteiger charge is -2.27. The number of rotatable bonds is 8. The molecule has 1 aliphatic heterocycles. The second kappa shape index (κ2) is 10.1. The summed E-state index contributed by atoms with van der Waals surface area (Å²) in [5.74, 6) is 1.24. The number of nitrogens with one attached hydrogen (secondary N) is 1. The fourth-order valence-electron chi connectivity index (χ4n) is 3.12. The maximum Gasteiger partial charge on any atom is 0.261 e. The van der Waals surface area contributed by atoms with Gasteiger partial charge in [-0.3, -0.25) is 9.69 Å². The lowest BCUT2D eigenvalue weighted by molar-refractivity contribution is -0.127. The van der Waals surface area contributed by atoms with Crippen molar-refractivity contribution in [1.29, 1.82) is 0 Å². The summed E-state index contributed by atoms with van der Waals surface area (Å²) in [5, 5.41) is 2.99. The maximum absolute atomic E-state index is 12.5. The molecule has 0 aliphatic carbocycles. The van der Waals surface area contributed by atoms with Gasteiger partial charge < -0.3 is 19.5 Å². The molecule has 28 heavy (non-hydrogen) atoms. The first-order valence-corrected chi connectivity index (χ1v) is 9.61. The number of nitrogens with zero attached hydrogens (tertiary/aromatic N) is 1. The van der Waals surface area contributed by atoms with Gasteiger partial charge in [-0.25, -0.2) is 0 Å². The molecule has 1 atom stereocenters. The van der Waals surface area contributed by atoms with Crippen LogP contribution in [0.3, 0.4) is 0 Å². The van der Waals surface area contributed by atoms with Crippen molar-refractivity contribution in [1.82, 2.24) is 10.2 Å². The van der Waals surface area contributed by atoms with Crippen LogP contribution in [0, 0.1) is 0 Å². The number of carbonyl (C=O) groups is 1. The summed E-state index contributed by atoms with van der Waals surface area (Å²) in [5.41, 5.74) is 2.35. The minimum Gasteiger partial charge on any atom is -0.497 e. The summed E-state index contributed by atoms with van der Waals surface area (Å²) >= 11 is 0. The summed E-state index contributed by atoms with van der Waals surface area (Å²) in [4.78, 5) is 14.8. The molecule has 2 aromatic carbocycles. The Kier molecular flexibility index (Phi) is 7.28. The van der Waals surface area contributed by atoms with E-state index in [2.05, 4.69) is 22.3 Å². The minimum absolute atomic E-state index is 0.142. The first kappa shape index (κ1) is 20.2. The summed E-state index contributed by atoms with van der Waals surface area (Å²) < 4.78 is 16.3. The van der Waals surface area contributed by atoms with E-state index < -0.39 is 6.10 Å². The molecule has 0 aromatic heterocycles. The third kappa shape index (κ3) is 5.71. The van der Waals surface area contributed by atoms with Crippen LogP contribution in [0.15, 0.2) is 48.5 Å². The third-order valence-electron chi connectivity index (χ3n) is 4.81. The van der Waals surface area contributed by atoms with E-state index in [1.54, 1.807) is 26.2 Å². The molecular formula is C22H28N2O4. The number of hydrogen-bond acceptors (Lipinski definition) is 5. The van der Waals surface area contributed by atoms with Gasteiger partial charge in [-0.05, 0) is 42.3 Å². The van der Waals surface area contributed by atoms with Crippen LogP contribution in [-0.4, -0.2) is 50.3 Å². The van der Waals surface area contributed by atoms with Gasteiger partial charge in [0.2, 0.25) is 0 Å². The smallest absolute Gasteiger partial charge is 0.261 e. The van der Waals surface area contributed by atoms with Crippen molar-refractivity contribution < 1.29 is 19.0 Å².